The van der Waals surface area contributed by atoms with Gasteiger partial charge in [-0.25, -0.2) is 0 Å². The van der Waals surface area contributed by atoms with Gasteiger partial charge in [-0.05, 0) is 135 Å². The summed E-state index contributed by atoms with van der Waals surface area (Å²) in [6.07, 6.45) is 7.02. The lowest BCUT2D eigenvalue weighted by Gasteiger charge is -2.39. The molecule has 3 aliphatic rings. The maximum atomic E-state index is 2.59. The van der Waals surface area contributed by atoms with E-state index in [0.717, 1.165) is 18.5 Å². The maximum Gasteiger partial charge on any atom is 0.0736 e. The summed E-state index contributed by atoms with van der Waals surface area (Å²) < 4.78 is 5.06. The number of nitrogens with zero attached hydrogens (tertiary/aromatic N) is 2. The van der Waals surface area contributed by atoms with Crippen molar-refractivity contribution in [2.75, 3.05) is 0 Å². The summed E-state index contributed by atoms with van der Waals surface area (Å²) in [4.78, 5) is 2.62. The van der Waals surface area contributed by atoms with Gasteiger partial charge in [0.2, 0.25) is 0 Å². The molecular weight excluding hydrogens is 793 g/mol. The quantitative estimate of drug-likeness (QED) is 0.172. The zero-order valence-corrected chi connectivity index (χ0v) is 35.8. The Morgan fingerprint density at radius 1 is 0.359 bits per heavy atom. The van der Waals surface area contributed by atoms with Gasteiger partial charge >= 0.3 is 0 Å². The first-order valence-corrected chi connectivity index (χ1v) is 23.2. The highest BCUT2D eigenvalue weighted by Gasteiger charge is 2.51. The van der Waals surface area contributed by atoms with Crippen LogP contribution in [0.1, 0.15) is 35.1 Å². The fourth-order valence-corrected chi connectivity index (χ4v) is 12.7. The molecule has 2 aromatic heterocycles. The SMILES string of the molecule is C1=c2c(n(-c3cccc(-c4ccccc4)c3)c3cc4c(cc23)-c2cc3c5ccccc5n(-c5cccc(-c6ccccc6)c5)c3cc2C42c3ccccc3Sc3ccccc32)=CCC1. The van der Waals surface area contributed by atoms with Crippen molar-refractivity contribution in [3.05, 3.63) is 239 Å². The minimum Gasteiger partial charge on any atom is -0.310 e. The molecule has 300 valence electrons. The number of rotatable bonds is 4. The number of aromatic nitrogens is 2. The van der Waals surface area contributed by atoms with Gasteiger partial charge in [0, 0.05) is 47.9 Å². The van der Waals surface area contributed by atoms with Crippen molar-refractivity contribution in [3.8, 4) is 44.8 Å². The third-order valence-electron chi connectivity index (χ3n) is 14.2. The summed E-state index contributed by atoms with van der Waals surface area (Å²) in [5.41, 5.74) is 18.4. The van der Waals surface area contributed by atoms with Crippen molar-refractivity contribution in [2.24, 2.45) is 0 Å². The Kier molecular flexibility index (Phi) is 7.70. The molecule has 0 saturated carbocycles. The van der Waals surface area contributed by atoms with Crippen LogP contribution < -0.4 is 10.6 Å². The molecule has 0 N–H and O–H groups in total. The van der Waals surface area contributed by atoms with E-state index in [2.05, 4.69) is 228 Å². The third-order valence-corrected chi connectivity index (χ3v) is 15.3. The minimum absolute atomic E-state index is 0.562. The summed E-state index contributed by atoms with van der Waals surface area (Å²) in [7, 11) is 0. The van der Waals surface area contributed by atoms with Gasteiger partial charge in [-0.2, -0.15) is 0 Å². The van der Waals surface area contributed by atoms with E-state index in [1.54, 1.807) is 0 Å². The Morgan fingerprint density at radius 3 is 1.53 bits per heavy atom. The van der Waals surface area contributed by atoms with Crippen LogP contribution in [-0.4, -0.2) is 9.13 Å². The summed E-state index contributed by atoms with van der Waals surface area (Å²) in [5, 5.41) is 6.48. The molecule has 0 unspecified atom stereocenters. The van der Waals surface area contributed by atoms with Crippen molar-refractivity contribution in [1.82, 2.24) is 9.13 Å². The first-order chi connectivity index (χ1) is 31.7. The van der Waals surface area contributed by atoms with Crippen LogP contribution >= 0.6 is 11.8 Å². The molecule has 0 amide bonds. The number of fused-ring (bicyclic) bond motifs is 15. The molecule has 0 saturated heterocycles. The smallest absolute Gasteiger partial charge is 0.0736 e. The Hall–Kier alpha value is -7.59. The molecule has 1 spiro atoms. The van der Waals surface area contributed by atoms with Crippen molar-refractivity contribution in [3.63, 3.8) is 0 Å². The average molecular weight is 833 g/mol. The fraction of sp³-hybridized carbons (Fsp3) is 0.0492. The Labute approximate surface area is 375 Å². The monoisotopic (exact) mass is 832 g/mol. The van der Waals surface area contributed by atoms with Crippen LogP contribution in [0.15, 0.2) is 216 Å². The normalized spacial score (nSPS) is 14.1. The molecule has 11 aromatic rings. The third kappa shape index (κ3) is 4.99. The second-order valence-corrected chi connectivity index (χ2v) is 18.6. The standard InChI is InChI=1S/C61H40N2S/c1-3-17-39(18-4-1)41-21-15-23-43(33-41)62-55-29-11-7-25-45(55)49-35-47-48-36-50-46-26-8-12-30-56(46)63(44-24-16-22-42(34-44)40-19-5-2-6-20-40)58(50)38-54(48)61(53(47)37-57(49)62)51-27-9-13-31-59(51)64-60-32-14-10-28-52(60)61/h1-7,9-11,13-38H,8,12H2. The molecule has 9 aromatic carbocycles. The van der Waals surface area contributed by atoms with E-state index in [9.17, 15) is 0 Å². The number of hydrogen-bond acceptors (Lipinski definition) is 1. The molecule has 14 rings (SSSR count). The highest BCUT2D eigenvalue weighted by molar-refractivity contribution is 7.99. The molecule has 2 nitrogen and oxygen atoms in total. The van der Waals surface area contributed by atoms with Gasteiger partial charge in [-0.15, -0.1) is 0 Å². The van der Waals surface area contributed by atoms with E-state index in [4.69, 9.17) is 0 Å². The van der Waals surface area contributed by atoms with Gasteiger partial charge in [0.25, 0.3) is 0 Å². The average Bonchev–Trinajstić information content (AvgIpc) is 3.96. The first kappa shape index (κ1) is 35.9. The number of benzene rings is 9. The van der Waals surface area contributed by atoms with E-state index in [-0.39, 0.29) is 0 Å². The lowest BCUT2D eigenvalue weighted by Crippen LogP contribution is -2.32. The second-order valence-electron chi connectivity index (χ2n) is 17.5. The first-order valence-electron chi connectivity index (χ1n) is 22.4. The van der Waals surface area contributed by atoms with Gasteiger partial charge in [-0.1, -0.05) is 163 Å². The predicted octanol–water partition coefficient (Wildman–Crippen LogP) is 14.2. The second kappa shape index (κ2) is 13.7. The van der Waals surface area contributed by atoms with Gasteiger partial charge in [0.1, 0.15) is 0 Å². The summed E-state index contributed by atoms with van der Waals surface area (Å²) in [6, 6.07) is 77.3. The largest absolute Gasteiger partial charge is 0.310 e. The van der Waals surface area contributed by atoms with E-state index in [1.165, 1.54) is 114 Å². The predicted molar refractivity (Wildman–Crippen MR) is 267 cm³/mol. The van der Waals surface area contributed by atoms with Crippen LogP contribution in [0.25, 0.3) is 89.6 Å². The van der Waals surface area contributed by atoms with E-state index in [1.807, 2.05) is 11.8 Å². The Balaban J connectivity index is 1.11. The molecule has 0 atom stereocenters. The van der Waals surface area contributed by atoms with Crippen molar-refractivity contribution >= 4 is 56.6 Å². The number of hydrogen-bond donors (Lipinski definition) is 0. The molecule has 0 fully saturated rings. The zero-order chi connectivity index (χ0) is 41.9. The van der Waals surface area contributed by atoms with E-state index < -0.39 is 5.41 Å². The van der Waals surface area contributed by atoms with Crippen LogP contribution in [0.5, 0.6) is 0 Å². The Morgan fingerprint density at radius 2 is 0.875 bits per heavy atom. The lowest BCUT2D eigenvalue weighted by molar-refractivity contribution is 0.723. The van der Waals surface area contributed by atoms with Crippen LogP contribution in [0.2, 0.25) is 0 Å². The van der Waals surface area contributed by atoms with Gasteiger partial charge < -0.3 is 9.13 Å². The van der Waals surface area contributed by atoms with Crippen LogP contribution in [0, 0.1) is 0 Å². The topological polar surface area (TPSA) is 9.86 Å². The summed E-state index contributed by atoms with van der Waals surface area (Å²) in [5.74, 6) is 0. The van der Waals surface area contributed by atoms with Gasteiger partial charge in [0.05, 0.1) is 22.0 Å². The highest BCUT2D eigenvalue weighted by Crippen LogP contribution is 2.63. The lowest BCUT2D eigenvalue weighted by atomic mass is 9.67. The zero-order valence-electron chi connectivity index (χ0n) is 35.0. The molecule has 0 bridgehead atoms. The molecule has 64 heavy (non-hydrogen) atoms. The van der Waals surface area contributed by atoms with Crippen molar-refractivity contribution < 1.29 is 0 Å². The van der Waals surface area contributed by atoms with Gasteiger partial charge in [0.15, 0.2) is 0 Å². The van der Waals surface area contributed by atoms with Crippen LogP contribution in [-0.2, 0) is 5.41 Å². The maximum absolute atomic E-state index is 2.59. The highest BCUT2D eigenvalue weighted by atomic mass is 32.2. The van der Waals surface area contributed by atoms with E-state index in [0.29, 0.717) is 0 Å². The Bertz CT molecular complexity index is 3830. The molecular formula is C61H40N2S. The molecule has 3 heteroatoms. The molecule has 0 radical (unpaired) electrons. The van der Waals surface area contributed by atoms with Gasteiger partial charge in [-0.3, -0.25) is 0 Å². The summed E-state index contributed by atoms with van der Waals surface area (Å²) in [6.45, 7) is 0. The minimum atomic E-state index is -0.562. The molecule has 1 aliphatic heterocycles. The molecule has 3 heterocycles. The number of para-hydroxylation sites is 1. The van der Waals surface area contributed by atoms with Crippen LogP contribution in [0.3, 0.4) is 0 Å². The summed E-state index contributed by atoms with van der Waals surface area (Å²) >= 11 is 1.90. The van der Waals surface area contributed by atoms with Crippen molar-refractivity contribution in [2.45, 2.75) is 28.0 Å². The molecule has 2 aliphatic carbocycles. The van der Waals surface area contributed by atoms with Crippen molar-refractivity contribution in [1.29, 1.82) is 0 Å². The van der Waals surface area contributed by atoms with E-state index >= 15 is 0 Å². The van der Waals surface area contributed by atoms with Crippen LogP contribution in [0.4, 0.5) is 0 Å². The fourth-order valence-electron chi connectivity index (χ4n) is 11.5.